The highest BCUT2D eigenvalue weighted by Gasteiger charge is 2.35. The Kier molecular flexibility index (Phi) is 7.72. The van der Waals surface area contributed by atoms with Gasteiger partial charge in [-0.1, -0.05) is 18.2 Å². The maximum absolute atomic E-state index is 13.8. The summed E-state index contributed by atoms with van der Waals surface area (Å²) >= 11 is 7.00. The van der Waals surface area contributed by atoms with Gasteiger partial charge in [0.1, 0.15) is 16.3 Å². The SMILES string of the molecule is COc1ccc(N2C(=O)C(=Cc3cc(C)n(-c4sc5c(c4C(=O)Nc4ccccc4)CCCC5)c3C)C(=O)NC2=S)cc1. The van der Waals surface area contributed by atoms with Crippen molar-refractivity contribution in [2.75, 3.05) is 17.3 Å². The van der Waals surface area contributed by atoms with Gasteiger partial charge in [0.05, 0.1) is 18.4 Å². The molecule has 6 rings (SSSR count). The van der Waals surface area contributed by atoms with Gasteiger partial charge < -0.3 is 14.6 Å². The molecule has 0 atom stereocenters. The van der Waals surface area contributed by atoms with Crippen LogP contribution in [0.1, 0.15) is 50.6 Å². The third-order valence-electron chi connectivity index (χ3n) is 7.82. The van der Waals surface area contributed by atoms with Gasteiger partial charge in [-0.2, -0.15) is 0 Å². The molecule has 218 valence electrons. The molecule has 43 heavy (non-hydrogen) atoms. The van der Waals surface area contributed by atoms with E-state index in [4.69, 9.17) is 17.0 Å². The standard InChI is InChI=1S/C33H30N4O4S2/c1-19-17-21(18-26-29(38)35-33(42)37(31(26)40)23-13-15-24(41-3)16-14-23)20(2)36(19)32-28(25-11-7-8-12-27(25)43-32)30(39)34-22-9-5-4-6-10-22/h4-6,9-10,13-18H,7-8,11-12H2,1-3H3,(H,34,39)(H,35,38,42). The topological polar surface area (TPSA) is 92.7 Å². The van der Waals surface area contributed by atoms with E-state index >= 15 is 0 Å². The van der Waals surface area contributed by atoms with Crippen LogP contribution in [0.5, 0.6) is 5.75 Å². The summed E-state index contributed by atoms with van der Waals surface area (Å²) in [5, 5.41) is 6.59. The molecule has 2 aromatic heterocycles. The molecule has 1 fully saturated rings. The Bertz CT molecular complexity index is 1800. The second-order valence-corrected chi connectivity index (χ2v) is 12.0. The first-order chi connectivity index (χ1) is 20.8. The molecule has 0 spiro atoms. The van der Waals surface area contributed by atoms with Crippen LogP contribution in [0.4, 0.5) is 11.4 Å². The minimum absolute atomic E-state index is 0.0148. The molecule has 3 amide bonds. The molecule has 0 bridgehead atoms. The normalized spacial score (nSPS) is 15.8. The number of rotatable bonds is 6. The largest absolute Gasteiger partial charge is 0.497 e. The number of para-hydroxylation sites is 1. The van der Waals surface area contributed by atoms with E-state index in [0.29, 0.717) is 22.6 Å². The number of anilines is 2. The summed E-state index contributed by atoms with van der Waals surface area (Å²) < 4.78 is 7.29. The molecule has 0 saturated carbocycles. The third kappa shape index (κ3) is 5.28. The van der Waals surface area contributed by atoms with Crippen LogP contribution in [0.3, 0.4) is 0 Å². The van der Waals surface area contributed by atoms with Gasteiger partial charge in [-0.3, -0.25) is 24.6 Å². The number of nitrogens with zero attached hydrogens (tertiary/aromatic N) is 2. The smallest absolute Gasteiger partial charge is 0.270 e. The first-order valence-corrected chi connectivity index (χ1v) is 15.2. The molecule has 2 aromatic carbocycles. The van der Waals surface area contributed by atoms with Crippen molar-refractivity contribution in [2.45, 2.75) is 39.5 Å². The second kappa shape index (κ2) is 11.6. The zero-order chi connectivity index (χ0) is 30.2. The zero-order valence-electron chi connectivity index (χ0n) is 24.0. The van der Waals surface area contributed by atoms with Crippen LogP contribution in [0.2, 0.25) is 0 Å². The number of benzene rings is 2. The number of methoxy groups -OCH3 is 1. The van der Waals surface area contributed by atoms with E-state index < -0.39 is 11.8 Å². The Labute approximate surface area is 259 Å². The van der Waals surface area contributed by atoms with Crippen LogP contribution in [0.15, 0.2) is 66.2 Å². The van der Waals surface area contributed by atoms with Crippen molar-refractivity contribution >= 4 is 63.8 Å². The molecule has 1 aliphatic carbocycles. The molecule has 2 aliphatic rings. The van der Waals surface area contributed by atoms with Crippen LogP contribution in [-0.4, -0.2) is 34.5 Å². The molecule has 10 heteroatoms. The minimum atomic E-state index is -0.556. The summed E-state index contributed by atoms with van der Waals surface area (Å²) in [6.07, 6.45) is 5.54. The third-order valence-corrected chi connectivity index (χ3v) is 9.38. The van der Waals surface area contributed by atoms with Crippen LogP contribution in [0.25, 0.3) is 11.1 Å². The number of aryl methyl sites for hydroxylation is 2. The quantitative estimate of drug-likeness (QED) is 0.156. The van der Waals surface area contributed by atoms with Crippen molar-refractivity contribution in [3.05, 3.63) is 99.2 Å². The lowest BCUT2D eigenvalue weighted by atomic mass is 9.95. The van der Waals surface area contributed by atoms with Crippen LogP contribution >= 0.6 is 23.6 Å². The van der Waals surface area contributed by atoms with Gasteiger partial charge in [0.25, 0.3) is 17.7 Å². The Balaban J connectivity index is 1.40. The fourth-order valence-electron chi connectivity index (χ4n) is 5.68. The van der Waals surface area contributed by atoms with Crippen molar-refractivity contribution in [3.8, 4) is 10.8 Å². The average Bonchev–Trinajstić information content (AvgIpc) is 3.51. The monoisotopic (exact) mass is 610 g/mol. The van der Waals surface area contributed by atoms with Gasteiger partial charge in [-0.25, -0.2) is 0 Å². The number of thiophene rings is 1. The highest BCUT2D eigenvalue weighted by Crippen LogP contribution is 2.39. The minimum Gasteiger partial charge on any atom is -0.497 e. The maximum Gasteiger partial charge on any atom is 0.270 e. The lowest BCUT2D eigenvalue weighted by Gasteiger charge is -2.29. The highest BCUT2D eigenvalue weighted by atomic mass is 32.1. The predicted molar refractivity (Wildman–Crippen MR) is 173 cm³/mol. The Morgan fingerprint density at radius 3 is 2.49 bits per heavy atom. The van der Waals surface area contributed by atoms with Crippen molar-refractivity contribution < 1.29 is 19.1 Å². The van der Waals surface area contributed by atoms with E-state index in [1.807, 2.05) is 50.2 Å². The molecule has 8 nitrogen and oxygen atoms in total. The maximum atomic E-state index is 13.8. The number of carbonyl (C=O) groups excluding carboxylic acids is 3. The molecule has 4 aromatic rings. The molecular weight excluding hydrogens is 581 g/mol. The molecule has 0 unspecified atom stereocenters. The van der Waals surface area contributed by atoms with Gasteiger partial charge in [-0.15, -0.1) is 11.3 Å². The molecule has 0 radical (unpaired) electrons. The first-order valence-electron chi connectivity index (χ1n) is 14.0. The van der Waals surface area contributed by atoms with Crippen LogP contribution < -0.4 is 20.3 Å². The number of aromatic nitrogens is 1. The fraction of sp³-hybridized carbons (Fsp3) is 0.212. The van der Waals surface area contributed by atoms with E-state index in [1.54, 1.807) is 48.8 Å². The van der Waals surface area contributed by atoms with Crippen LogP contribution in [0, 0.1) is 13.8 Å². The molecule has 1 aliphatic heterocycles. The highest BCUT2D eigenvalue weighted by molar-refractivity contribution is 7.80. The average molecular weight is 611 g/mol. The first kappa shape index (κ1) is 28.6. The number of carbonyl (C=O) groups is 3. The Morgan fingerprint density at radius 1 is 1.05 bits per heavy atom. The fourth-order valence-corrected chi connectivity index (χ4v) is 7.46. The summed E-state index contributed by atoms with van der Waals surface area (Å²) in [6, 6.07) is 18.3. The van der Waals surface area contributed by atoms with Gasteiger partial charge in [-0.05, 0) is 111 Å². The van der Waals surface area contributed by atoms with Gasteiger partial charge in [0.15, 0.2) is 5.11 Å². The molecule has 1 saturated heterocycles. The number of hydrogen-bond donors (Lipinski definition) is 2. The summed E-state index contributed by atoms with van der Waals surface area (Å²) in [7, 11) is 1.56. The van der Waals surface area contributed by atoms with Gasteiger partial charge in [0, 0.05) is 22.0 Å². The van der Waals surface area contributed by atoms with Gasteiger partial charge >= 0.3 is 0 Å². The van der Waals surface area contributed by atoms with Crippen molar-refractivity contribution in [1.29, 1.82) is 0 Å². The summed E-state index contributed by atoms with van der Waals surface area (Å²) in [4.78, 5) is 43.0. The number of amides is 3. The molecular formula is C33H30N4O4S2. The zero-order valence-corrected chi connectivity index (χ0v) is 25.7. The number of hydrogen-bond acceptors (Lipinski definition) is 6. The number of fused-ring (bicyclic) bond motifs is 1. The summed E-state index contributed by atoms with van der Waals surface area (Å²) in [5.41, 5.74) is 5.44. The van der Waals surface area contributed by atoms with Crippen molar-refractivity contribution in [1.82, 2.24) is 9.88 Å². The van der Waals surface area contributed by atoms with E-state index in [9.17, 15) is 14.4 Å². The van der Waals surface area contributed by atoms with E-state index in [-0.39, 0.29) is 16.6 Å². The summed E-state index contributed by atoms with van der Waals surface area (Å²) in [5.74, 6) is -0.575. The number of ether oxygens (including phenoxy) is 1. The van der Waals surface area contributed by atoms with Gasteiger partial charge in [0.2, 0.25) is 0 Å². The van der Waals surface area contributed by atoms with Crippen LogP contribution in [-0.2, 0) is 22.4 Å². The predicted octanol–water partition coefficient (Wildman–Crippen LogP) is 6.13. The van der Waals surface area contributed by atoms with E-state index in [2.05, 4.69) is 15.2 Å². The van der Waals surface area contributed by atoms with E-state index in [1.165, 1.54) is 9.78 Å². The lowest BCUT2D eigenvalue weighted by Crippen LogP contribution is -2.54. The Hall–Kier alpha value is -4.54. The Morgan fingerprint density at radius 2 is 1.77 bits per heavy atom. The van der Waals surface area contributed by atoms with Crippen molar-refractivity contribution in [2.24, 2.45) is 0 Å². The molecule has 3 heterocycles. The number of nitrogens with one attached hydrogen (secondary N) is 2. The summed E-state index contributed by atoms with van der Waals surface area (Å²) in [6.45, 7) is 3.90. The second-order valence-electron chi connectivity index (χ2n) is 10.5. The van der Waals surface area contributed by atoms with Crippen molar-refractivity contribution in [3.63, 3.8) is 0 Å². The lowest BCUT2D eigenvalue weighted by molar-refractivity contribution is -0.122. The number of thiocarbonyl (C=S) groups is 1. The van der Waals surface area contributed by atoms with E-state index in [0.717, 1.165) is 53.3 Å². The molecule has 2 N–H and O–H groups in total.